The van der Waals surface area contributed by atoms with Crippen LogP contribution in [0, 0.1) is 0 Å². The van der Waals surface area contributed by atoms with Crippen LogP contribution in [0.5, 0.6) is 0 Å². The predicted molar refractivity (Wildman–Crippen MR) is 74.4 cm³/mol. The first-order valence-electron chi connectivity index (χ1n) is 6.41. The predicted octanol–water partition coefficient (Wildman–Crippen LogP) is 3.79. The highest BCUT2D eigenvalue weighted by molar-refractivity contribution is 5.74. The van der Waals surface area contributed by atoms with E-state index in [1.807, 2.05) is 24.3 Å². The maximum atomic E-state index is 12.5. The van der Waals surface area contributed by atoms with Crippen LogP contribution in [-0.4, -0.2) is 5.91 Å². The van der Waals surface area contributed by atoms with E-state index in [4.69, 9.17) is 5.73 Å². The van der Waals surface area contributed by atoms with Crippen molar-refractivity contribution in [2.24, 2.45) is 5.73 Å². The van der Waals surface area contributed by atoms with Crippen molar-refractivity contribution in [2.75, 3.05) is 0 Å². The third kappa shape index (κ3) is 4.08. The lowest BCUT2D eigenvalue weighted by atomic mass is 10.0. The fourth-order valence-corrected chi connectivity index (χ4v) is 1.98. The van der Waals surface area contributed by atoms with Gasteiger partial charge >= 0.3 is 6.18 Å². The number of alkyl halides is 3. The fraction of sp³-hybridized carbons (Fsp3) is 0.188. The number of hydrogen-bond acceptors (Lipinski definition) is 1. The minimum absolute atomic E-state index is 0.277. The zero-order valence-electron chi connectivity index (χ0n) is 11.2. The van der Waals surface area contributed by atoms with Gasteiger partial charge in [0.25, 0.3) is 0 Å². The summed E-state index contributed by atoms with van der Waals surface area (Å²) in [6, 6.07) is 12.3. The Morgan fingerprint density at radius 1 is 0.905 bits per heavy atom. The molecule has 0 radical (unpaired) electrons. The van der Waals surface area contributed by atoms with E-state index < -0.39 is 11.7 Å². The summed E-state index contributed by atoms with van der Waals surface area (Å²) in [7, 11) is 0. The van der Waals surface area contributed by atoms with Gasteiger partial charge in [0, 0.05) is 6.42 Å². The highest BCUT2D eigenvalue weighted by Crippen LogP contribution is 2.31. The van der Waals surface area contributed by atoms with E-state index in [2.05, 4.69) is 0 Å². The number of rotatable bonds is 4. The number of aryl methyl sites for hydroxylation is 1. The summed E-state index contributed by atoms with van der Waals surface area (Å²) in [4.78, 5) is 10.7. The van der Waals surface area contributed by atoms with Gasteiger partial charge in [0.05, 0.1) is 5.56 Å². The van der Waals surface area contributed by atoms with Crippen molar-refractivity contribution in [1.82, 2.24) is 0 Å². The molecule has 0 aliphatic heterocycles. The molecule has 2 aromatic rings. The number of benzene rings is 2. The molecule has 5 heteroatoms. The number of primary amides is 1. The number of amides is 1. The highest BCUT2D eigenvalue weighted by Gasteiger charge is 2.29. The van der Waals surface area contributed by atoms with Gasteiger partial charge in [-0.1, -0.05) is 36.4 Å². The first-order valence-corrected chi connectivity index (χ1v) is 6.41. The standard InChI is InChI=1S/C16H14F3NO/c17-16(18,19)14-8-6-13(7-9-14)12-4-1-11(2-5-12)3-10-15(20)21/h1-2,4-9H,3,10H2,(H2,20,21). The van der Waals surface area contributed by atoms with Crippen LogP contribution < -0.4 is 5.73 Å². The molecule has 0 saturated carbocycles. The molecule has 0 saturated heterocycles. The molecule has 0 spiro atoms. The smallest absolute Gasteiger partial charge is 0.370 e. The molecule has 2 nitrogen and oxygen atoms in total. The van der Waals surface area contributed by atoms with E-state index in [0.717, 1.165) is 23.3 Å². The summed E-state index contributed by atoms with van der Waals surface area (Å²) in [5, 5.41) is 0. The van der Waals surface area contributed by atoms with Crippen LogP contribution in [-0.2, 0) is 17.4 Å². The monoisotopic (exact) mass is 293 g/mol. The summed E-state index contributed by atoms with van der Waals surface area (Å²) in [5.74, 6) is -0.359. The summed E-state index contributed by atoms with van der Waals surface area (Å²) >= 11 is 0. The van der Waals surface area contributed by atoms with Crippen molar-refractivity contribution in [3.63, 3.8) is 0 Å². The van der Waals surface area contributed by atoms with Crippen molar-refractivity contribution >= 4 is 5.91 Å². The molecule has 0 unspecified atom stereocenters. The van der Waals surface area contributed by atoms with Crippen LogP contribution in [0.25, 0.3) is 11.1 Å². The van der Waals surface area contributed by atoms with Crippen molar-refractivity contribution in [3.8, 4) is 11.1 Å². The molecule has 1 amide bonds. The zero-order chi connectivity index (χ0) is 15.5. The van der Waals surface area contributed by atoms with Crippen LogP contribution in [0.2, 0.25) is 0 Å². The first kappa shape index (κ1) is 15.1. The first-order chi connectivity index (χ1) is 9.86. The van der Waals surface area contributed by atoms with Crippen LogP contribution in [0.4, 0.5) is 13.2 Å². The van der Waals surface area contributed by atoms with Gasteiger partial charge in [0.1, 0.15) is 0 Å². The van der Waals surface area contributed by atoms with Crippen LogP contribution in [0.1, 0.15) is 17.5 Å². The largest absolute Gasteiger partial charge is 0.416 e. The number of hydrogen-bond donors (Lipinski definition) is 1. The van der Waals surface area contributed by atoms with Gasteiger partial charge in [-0.05, 0) is 35.2 Å². The molecule has 110 valence electrons. The normalized spacial score (nSPS) is 11.4. The second kappa shape index (κ2) is 5.99. The molecule has 0 aromatic heterocycles. The van der Waals surface area contributed by atoms with Gasteiger partial charge < -0.3 is 5.73 Å². The second-order valence-corrected chi connectivity index (χ2v) is 4.74. The molecule has 21 heavy (non-hydrogen) atoms. The Balaban J connectivity index is 2.13. The van der Waals surface area contributed by atoms with E-state index in [1.165, 1.54) is 12.1 Å². The summed E-state index contributed by atoms with van der Waals surface area (Å²) in [6.07, 6.45) is -3.49. The zero-order valence-corrected chi connectivity index (χ0v) is 11.2. The Labute approximate surface area is 120 Å². The highest BCUT2D eigenvalue weighted by atomic mass is 19.4. The number of carbonyl (C=O) groups excluding carboxylic acids is 1. The van der Waals surface area contributed by atoms with Crippen LogP contribution >= 0.6 is 0 Å². The van der Waals surface area contributed by atoms with E-state index >= 15 is 0 Å². The Kier molecular flexibility index (Phi) is 4.31. The molecular weight excluding hydrogens is 279 g/mol. The molecule has 2 aromatic carbocycles. The number of nitrogens with two attached hydrogens (primary N) is 1. The maximum Gasteiger partial charge on any atom is 0.416 e. The average Bonchev–Trinajstić information content (AvgIpc) is 2.45. The molecular formula is C16H14F3NO. The van der Waals surface area contributed by atoms with Gasteiger partial charge in [0.2, 0.25) is 5.91 Å². The molecule has 0 aliphatic rings. The van der Waals surface area contributed by atoms with Crippen molar-refractivity contribution in [3.05, 3.63) is 59.7 Å². The van der Waals surface area contributed by atoms with Crippen LogP contribution in [0.15, 0.2) is 48.5 Å². The Morgan fingerprint density at radius 3 is 1.81 bits per heavy atom. The maximum absolute atomic E-state index is 12.5. The molecule has 0 atom stereocenters. The lowest BCUT2D eigenvalue weighted by Crippen LogP contribution is -2.11. The molecule has 0 aliphatic carbocycles. The van der Waals surface area contributed by atoms with Crippen molar-refractivity contribution in [1.29, 1.82) is 0 Å². The van der Waals surface area contributed by atoms with E-state index in [1.54, 1.807) is 0 Å². The summed E-state index contributed by atoms with van der Waals surface area (Å²) in [6.45, 7) is 0. The van der Waals surface area contributed by atoms with E-state index in [9.17, 15) is 18.0 Å². The SMILES string of the molecule is NC(=O)CCc1ccc(-c2ccc(C(F)(F)F)cc2)cc1. The van der Waals surface area contributed by atoms with E-state index in [0.29, 0.717) is 12.0 Å². The van der Waals surface area contributed by atoms with Gasteiger partial charge in [-0.2, -0.15) is 13.2 Å². The average molecular weight is 293 g/mol. The quantitative estimate of drug-likeness (QED) is 0.915. The van der Waals surface area contributed by atoms with Gasteiger partial charge in [-0.15, -0.1) is 0 Å². The number of halogens is 3. The van der Waals surface area contributed by atoms with Gasteiger partial charge in [0.15, 0.2) is 0 Å². The molecule has 0 fully saturated rings. The van der Waals surface area contributed by atoms with Crippen LogP contribution in [0.3, 0.4) is 0 Å². The lowest BCUT2D eigenvalue weighted by molar-refractivity contribution is -0.137. The van der Waals surface area contributed by atoms with Gasteiger partial charge in [-0.25, -0.2) is 0 Å². The summed E-state index contributed by atoms with van der Waals surface area (Å²) in [5.41, 5.74) is 6.92. The third-order valence-corrected chi connectivity index (χ3v) is 3.16. The molecule has 0 bridgehead atoms. The molecule has 2 rings (SSSR count). The minimum atomic E-state index is -4.32. The second-order valence-electron chi connectivity index (χ2n) is 4.74. The van der Waals surface area contributed by atoms with E-state index in [-0.39, 0.29) is 12.3 Å². The van der Waals surface area contributed by atoms with Gasteiger partial charge in [-0.3, -0.25) is 4.79 Å². The lowest BCUT2D eigenvalue weighted by Gasteiger charge is -2.08. The fourth-order valence-electron chi connectivity index (χ4n) is 1.98. The number of carbonyl (C=O) groups is 1. The molecule has 2 N–H and O–H groups in total. The topological polar surface area (TPSA) is 43.1 Å². The summed E-state index contributed by atoms with van der Waals surface area (Å²) < 4.78 is 37.5. The minimum Gasteiger partial charge on any atom is -0.370 e. The Morgan fingerprint density at radius 2 is 1.38 bits per heavy atom. The van der Waals surface area contributed by atoms with Crippen molar-refractivity contribution in [2.45, 2.75) is 19.0 Å². The van der Waals surface area contributed by atoms with Crippen molar-refractivity contribution < 1.29 is 18.0 Å². The molecule has 0 heterocycles. The Hall–Kier alpha value is -2.30. The Bertz CT molecular complexity index is 615. The third-order valence-electron chi connectivity index (χ3n) is 3.16.